The van der Waals surface area contributed by atoms with Gasteiger partial charge in [0, 0.05) is 0 Å². The van der Waals surface area contributed by atoms with Crippen LogP contribution in [-0.2, 0) is 0 Å². The molecule has 6 N–H and O–H groups in total. The first-order valence-electron chi connectivity index (χ1n) is 0. The van der Waals surface area contributed by atoms with Gasteiger partial charge in [0.05, 0.1) is 0 Å². The van der Waals surface area contributed by atoms with Crippen LogP contribution in [0.5, 0.6) is 0 Å². The zero-order valence-corrected chi connectivity index (χ0v) is 8.33. The van der Waals surface area contributed by atoms with Gasteiger partial charge in [-0.3, -0.25) is 0 Å². The molecule has 0 heterocycles. The molecule has 8 heavy (non-hydrogen) atoms. The molecule has 0 aliphatic heterocycles. The van der Waals surface area contributed by atoms with E-state index in [1.807, 2.05) is 0 Å². The molecule has 7 heteroatoms. The van der Waals surface area contributed by atoms with Crippen LogP contribution < -0.4 is 0 Å². The van der Waals surface area contributed by atoms with E-state index < -0.39 is 0 Å². The smallest absolute Gasteiger partial charge is 0.870 e. The first-order valence-corrected chi connectivity index (χ1v) is 0. The summed E-state index contributed by atoms with van der Waals surface area (Å²) in [5.41, 5.74) is 0. The van der Waals surface area contributed by atoms with Gasteiger partial charge in [0.1, 0.15) is 0 Å². The maximum absolute atomic E-state index is 0. The fourth-order valence-electron chi connectivity index (χ4n) is 0. The van der Waals surface area contributed by atoms with E-state index in [9.17, 15) is 0 Å². The van der Waals surface area contributed by atoms with Crippen LogP contribution in [0.2, 0.25) is 0 Å². The van der Waals surface area contributed by atoms with E-state index in [1.165, 1.54) is 0 Å². The first kappa shape index (κ1) is 365. The van der Waals surface area contributed by atoms with Crippen LogP contribution in [0, 0.1) is 7.43 Å². The van der Waals surface area contributed by atoms with Crippen molar-refractivity contribution in [2.24, 2.45) is 0 Å². The Labute approximate surface area is 88.2 Å². The Hall–Kier alpha value is 1.33. The van der Waals surface area contributed by atoms with E-state index >= 15 is 0 Å². The molecule has 0 amide bonds. The normalized spacial score (nSPS) is 0. The summed E-state index contributed by atoms with van der Waals surface area (Å²) < 4.78 is 0. The van der Waals surface area contributed by atoms with Gasteiger partial charge in [-0.25, -0.2) is 0 Å². The quantitative estimate of drug-likeness (QED) is 0.479. The van der Waals surface area contributed by atoms with Crippen molar-refractivity contribution in [3.05, 3.63) is 7.43 Å². The Morgan fingerprint density at radius 2 is 0.375 bits per heavy atom. The van der Waals surface area contributed by atoms with E-state index in [1.54, 1.807) is 0 Å². The standard InChI is InChI=1S/C.Ba.6H2O/h;;6*1H2/q+4;+2;;;;;;/p-6. The van der Waals surface area contributed by atoms with Crippen LogP contribution in [0.1, 0.15) is 0 Å². The van der Waals surface area contributed by atoms with Crippen molar-refractivity contribution < 1.29 is 32.9 Å². The third kappa shape index (κ3) is 166. The van der Waals surface area contributed by atoms with E-state index in [4.69, 9.17) is 0 Å². The number of hydrogen-bond donors (Lipinski definition) is 0. The minimum absolute atomic E-state index is 0. The maximum atomic E-state index is 0. The van der Waals surface area contributed by atoms with Gasteiger partial charge in [0.25, 0.3) is 0 Å². The maximum Gasteiger partial charge on any atom is 4.00 e. The van der Waals surface area contributed by atoms with Crippen molar-refractivity contribution in [1.82, 2.24) is 0 Å². The molecule has 0 rings (SSSR count). The number of rotatable bonds is 0. The van der Waals surface area contributed by atoms with Gasteiger partial charge in [-0.15, -0.1) is 0 Å². The Morgan fingerprint density at radius 3 is 0.375 bits per heavy atom. The third-order valence-electron chi connectivity index (χ3n) is 0. The van der Waals surface area contributed by atoms with Crippen LogP contribution in [0.25, 0.3) is 0 Å². The van der Waals surface area contributed by atoms with Crippen molar-refractivity contribution in [2.75, 3.05) is 0 Å². The molecule has 0 saturated carbocycles. The summed E-state index contributed by atoms with van der Waals surface area (Å²) in [6.45, 7) is 0. The molecular formula is CH6BaO6. The van der Waals surface area contributed by atoms with Crippen molar-refractivity contribution in [3.63, 3.8) is 0 Å². The van der Waals surface area contributed by atoms with Crippen LogP contribution in [0.3, 0.4) is 0 Å². The van der Waals surface area contributed by atoms with Crippen molar-refractivity contribution in [1.29, 1.82) is 0 Å². The molecule has 48 valence electrons. The topological polar surface area (TPSA) is 180 Å². The molecule has 0 aromatic carbocycles. The van der Waals surface area contributed by atoms with Crippen molar-refractivity contribution in [2.45, 2.75) is 0 Å². The Morgan fingerprint density at radius 1 is 0.375 bits per heavy atom. The molecule has 0 saturated heterocycles. The summed E-state index contributed by atoms with van der Waals surface area (Å²) in [5.74, 6) is 0. The van der Waals surface area contributed by atoms with Gasteiger partial charge in [-0.05, 0) is 0 Å². The molecule has 0 fully saturated rings. The van der Waals surface area contributed by atoms with Gasteiger partial charge >= 0.3 is 56.3 Å². The second kappa shape index (κ2) is 253. The SMILES string of the molecule is [Ba+2].[C+4].[OH-].[OH-].[OH-].[OH-].[OH-].[OH-]. The number of hydrogen-bond acceptors (Lipinski definition) is 6. The molecule has 0 atom stereocenters. The fourth-order valence-corrected chi connectivity index (χ4v) is 0. The summed E-state index contributed by atoms with van der Waals surface area (Å²) in [4.78, 5) is 0. The van der Waals surface area contributed by atoms with E-state index in [0.29, 0.717) is 0 Å². The summed E-state index contributed by atoms with van der Waals surface area (Å²) >= 11 is 0. The minimum Gasteiger partial charge on any atom is -0.870 e. The molecule has 6 nitrogen and oxygen atoms in total. The molecule has 0 unspecified atom stereocenters. The summed E-state index contributed by atoms with van der Waals surface area (Å²) in [5, 5.41) is 0. The Bertz CT molecular complexity index is 8.49. The first-order chi connectivity index (χ1) is 0. The molecule has 0 aromatic heterocycles. The molecular weight excluding hydrogens is 245 g/mol. The molecule has 0 aromatic rings. The Kier molecular flexibility index (Phi) is 11500. The van der Waals surface area contributed by atoms with Crippen LogP contribution in [-0.4, -0.2) is 81.7 Å². The molecule has 0 radical (unpaired) electrons. The zero-order chi connectivity index (χ0) is 0. The van der Waals surface area contributed by atoms with Gasteiger partial charge in [0.2, 0.25) is 0 Å². The van der Waals surface area contributed by atoms with Crippen LogP contribution in [0.4, 0.5) is 0 Å². The van der Waals surface area contributed by atoms with E-state index in [-0.39, 0.29) is 89.2 Å². The molecule has 0 aliphatic carbocycles. The molecule has 0 spiro atoms. The van der Waals surface area contributed by atoms with Crippen molar-refractivity contribution >= 4 is 48.9 Å². The summed E-state index contributed by atoms with van der Waals surface area (Å²) in [6.07, 6.45) is 0. The predicted octanol–water partition coefficient (Wildman–Crippen LogP) is -1.36. The second-order valence-electron chi connectivity index (χ2n) is 0. The third-order valence-corrected chi connectivity index (χ3v) is 0. The minimum atomic E-state index is 0. The average molecular weight is 251 g/mol. The predicted molar refractivity (Wildman–Crippen MR) is 20.6 cm³/mol. The largest absolute Gasteiger partial charge is 4.00 e. The summed E-state index contributed by atoms with van der Waals surface area (Å²) in [6, 6.07) is 0. The van der Waals surface area contributed by atoms with E-state index in [2.05, 4.69) is 0 Å². The van der Waals surface area contributed by atoms with Gasteiger partial charge in [0.15, 0.2) is 0 Å². The fraction of sp³-hybridized carbons (Fsp3) is 0. The van der Waals surface area contributed by atoms with Gasteiger partial charge < -0.3 is 32.9 Å². The average Bonchev–Trinajstić information content (AvgIpc) is 0. The van der Waals surface area contributed by atoms with Crippen LogP contribution in [0.15, 0.2) is 0 Å². The zero-order valence-electron chi connectivity index (χ0n) is 3.89. The monoisotopic (exact) mass is 252 g/mol. The van der Waals surface area contributed by atoms with Crippen molar-refractivity contribution in [3.8, 4) is 0 Å². The van der Waals surface area contributed by atoms with Crippen LogP contribution >= 0.6 is 0 Å². The van der Waals surface area contributed by atoms with Gasteiger partial charge in [-0.2, -0.15) is 0 Å². The molecule has 0 bridgehead atoms. The molecule has 0 aliphatic rings. The van der Waals surface area contributed by atoms with Gasteiger partial charge in [-0.1, -0.05) is 0 Å². The Balaban J connectivity index is 0. The van der Waals surface area contributed by atoms with E-state index in [0.717, 1.165) is 0 Å². The second-order valence-corrected chi connectivity index (χ2v) is 0. The summed E-state index contributed by atoms with van der Waals surface area (Å²) in [7, 11) is 0.